The Kier molecular flexibility index (Phi) is 6.67. The number of aromatic nitrogens is 1. The Bertz CT molecular complexity index is 982. The maximum absolute atomic E-state index is 13.4. The Morgan fingerprint density at radius 1 is 1.22 bits per heavy atom. The SMILES string of the molecule is CN(C(=O)N[C@@H]1CCC[C@H](Nc2cc(C(F)(F)F)nc3ccc(Cl)cc23)C1)[C@H]1CCOC1. The molecule has 2 fully saturated rings. The average molecular weight is 471 g/mol. The van der Waals surface area contributed by atoms with Crippen molar-refractivity contribution >= 4 is 34.2 Å². The number of rotatable bonds is 4. The fourth-order valence-corrected chi connectivity index (χ4v) is 4.58. The Morgan fingerprint density at radius 2 is 2.00 bits per heavy atom. The largest absolute Gasteiger partial charge is 0.433 e. The van der Waals surface area contributed by atoms with Crippen molar-refractivity contribution in [3.05, 3.63) is 35.0 Å². The average Bonchev–Trinajstić information content (AvgIpc) is 3.28. The van der Waals surface area contributed by atoms with Gasteiger partial charge in [-0.2, -0.15) is 13.2 Å². The first-order valence-corrected chi connectivity index (χ1v) is 11.1. The lowest BCUT2D eigenvalue weighted by Crippen LogP contribution is -2.49. The van der Waals surface area contributed by atoms with Crippen LogP contribution in [0.15, 0.2) is 24.3 Å². The third kappa shape index (κ3) is 5.20. The van der Waals surface area contributed by atoms with Crippen molar-refractivity contribution in [2.24, 2.45) is 0 Å². The van der Waals surface area contributed by atoms with Crippen molar-refractivity contribution in [1.29, 1.82) is 0 Å². The van der Waals surface area contributed by atoms with E-state index < -0.39 is 11.9 Å². The molecular formula is C22H26ClF3N4O2. The number of hydrogen-bond donors (Lipinski definition) is 2. The van der Waals surface area contributed by atoms with E-state index in [0.717, 1.165) is 31.7 Å². The number of ether oxygens (including phenoxy) is 1. The highest BCUT2D eigenvalue weighted by Crippen LogP contribution is 2.35. The van der Waals surface area contributed by atoms with Gasteiger partial charge in [0.1, 0.15) is 5.69 Å². The maximum Gasteiger partial charge on any atom is 0.433 e. The zero-order chi connectivity index (χ0) is 22.9. The number of carbonyl (C=O) groups is 1. The van der Waals surface area contributed by atoms with Crippen LogP contribution in [0.4, 0.5) is 23.7 Å². The van der Waals surface area contributed by atoms with E-state index in [1.54, 1.807) is 18.0 Å². The summed E-state index contributed by atoms with van der Waals surface area (Å²) in [4.78, 5) is 18.1. The number of pyridine rings is 1. The number of urea groups is 1. The highest BCUT2D eigenvalue weighted by atomic mass is 35.5. The second-order valence-electron chi connectivity index (χ2n) is 8.50. The van der Waals surface area contributed by atoms with E-state index in [1.807, 2.05) is 0 Å². The van der Waals surface area contributed by atoms with E-state index in [9.17, 15) is 18.0 Å². The Labute approximate surface area is 189 Å². The Morgan fingerprint density at radius 3 is 2.72 bits per heavy atom. The van der Waals surface area contributed by atoms with Gasteiger partial charge in [0.05, 0.1) is 18.2 Å². The van der Waals surface area contributed by atoms with Crippen LogP contribution >= 0.6 is 11.6 Å². The van der Waals surface area contributed by atoms with Crippen LogP contribution in [0.2, 0.25) is 5.02 Å². The van der Waals surface area contributed by atoms with Crippen LogP contribution in [0.5, 0.6) is 0 Å². The summed E-state index contributed by atoms with van der Waals surface area (Å²) < 4.78 is 45.5. The van der Waals surface area contributed by atoms with Crippen LogP contribution in [0.3, 0.4) is 0 Å². The van der Waals surface area contributed by atoms with Gasteiger partial charge in [-0.15, -0.1) is 0 Å². The van der Waals surface area contributed by atoms with Gasteiger partial charge in [-0.1, -0.05) is 11.6 Å². The van der Waals surface area contributed by atoms with E-state index in [-0.39, 0.29) is 29.7 Å². The molecule has 0 bridgehead atoms. The number of benzene rings is 1. The maximum atomic E-state index is 13.4. The van der Waals surface area contributed by atoms with Crippen LogP contribution in [0.25, 0.3) is 10.9 Å². The fraction of sp³-hybridized carbons (Fsp3) is 0.545. The monoisotopic (exact) mass is 470 g/mol. The van der Waals surface area contributed by atoms with Gasteiger partial charge >= 0.3 is 12.2 Å². The van der Waals surface area contributed by atoms with E-state index in [0.29, 0.717) is 35.7 Å². The van der Waals surface area contributed by atoms with Crippen molar-refractivity contribution in [2.75, 3.05) is 25.6 Å². The summed E-state index contributed by atoms with van der Waals surface area (Å²) in [6, 6.07) is 5.45. The van der Waals surface area contributed by atoms with Gasteiger partial charge in [-0.3, -0.25) is 0 Å². The summed E-state index contributed by atoms with van der Waals surface area (Å²) >= 11 is 6.09. The zero-order valence-electron chi connectivity index (χ0n) is 17.7. The number of carbonyl (C=O) groups excluding carboxylic acids is 1. The van der Waals surface area contributed by atoms with Crippen molar-refractivity contribution in [1.82, 2.24) is 15.2 Å². The summed E-state index contributed by atoms with van der Waals surface area (Å²) in [5.74, 6) is 0. The summed E-state index contributed by atoms with van der Waals surface area (Å²) in [5.41, 5.74) is -0.370. The molecule has 1 aliphatic carbocycles. The second-order valence-corrected chi connectivity index (χ2v) is 8.93. The number of alkyl halides is 3. The van der Waals surface area contributed by atoms with Gasteiger partial charge in [0.15, 0.2) is 0 Å². The lowest BCUT2D eigenvalue weighted by atomic mass is 9.90. The smallest absolute Gasteiger partial charge is 0.382 e. The summed E-state index contributed by atoms with van der Waals surface area (Å²) in [5, 5.41) is 7.30. The Balaban J connectivity index is 1.48. The second kappa shape index (κ2) is 9.31. The van der Waals surface area contributed by atoms with Gasteiger partial charge < -0.3 is 20.3 Å². The van der Waals surface area contributed by atoms with Crippen LogP contribution in [0, 0.1) is 0 Å². The normalized spacial score (nSPS) is 23.8. The molecule has 1 aliphatic heterocycles. The van der Waals surface area contributed by atoms with E-state index in [2.05, 4.69) is 15.6 Å². The molecule has 174 valence electrons. The van der Waals surface area contributed by atoms with Crippen LogP contribution in [-0.2, 0) is 10.9 Å². The van der Waals surface area contributed by atoms with Gasteiger partial charge in [0.25, 0.3) is 0 Å². The number of nitrogens with zero attached hydrogens (tertiary/aromatic N) is 2. The van der Waals surface area contributed by atoms with E-state index in [1.165, 1.54) is 12.1 Å². The molecule has 0 spiro atoms. The van der Waals surface area contributed by atoms with Gasteiger partial charge in [0, 0.05) is 41.8 Å². The molecule has 2 N–H and O–H groups in total. The number of likely N-dealkylation sites (N-methyl/N-ethyl adjacent to an activating group) is 1. The molecule has 2 amide bonds. The molecule has 1 aromatic heterocycles. The minimum absolute atomic E-state index is 0.0581. The molecule has 4 rings (SSSR count). The molecule has 0 radical (unpaired) electrons. The molecule has 32 heavy (non-hydrogen) atoms. The first-order valence-electron chi connectivity index (χ1n) is 10.8. The number of nitrogens with one attached hydrogen (secondary N) is 2. The predicted octanol–water partition coefficient (Wildman–Crippen LogP) is 5.06. The molecule has 2 aromatic rings. The minimum Gasteiger partial charge on any atom is -0.382 e. The molecule has 2 heterocycles. The number of halogens is 4. The quantitative estimate of drug-likeness (QED) is 0.655. The zero-order valence-corrected chi connectivity index (χ0v) is 18.5. The standard InChI is InChI=1S/C22H26ClF3N4O2/c1-30(16-7-8-32-12-16)21(31)28-15-4-2-3-14(10-15)27-19-11-20(22(24,25)26)29-18-6-5-13(23)9-17(18)19/h5-6,9,11,14-16H,2-4,7-8,10,12H2,1H3,(H,27,29)(H,28,31)/t14-,15+,16-/m0/s1. The summed E-state index contributed by atoms with van der Waals surface area (Å²) in [6.07, 6.45) is -0.638. The van der Waals surface area contributed by atoms with E-state index in [4.69, 9.17) is 16.3 Å². The summed E-state index contributed by atoms with van der Waals surface area (Å²) in [7, 11) is 1.76. The molecule has 10 heteroatoms. The third-order valence-corrected chi connectivity index (χ3v) is 6.43. The van der Waals surface area contributed by atoms with E-state index >= 15 is 0 Å². The number of anilines is 1. The topological polar surface area (TPSA) is 66.5 Å². The van der Waals surface area contributed by atoms with Gasteiger partial charge in [-0.25, -0.2) is 9.78 Å². The molecular weight excluding hydrogens is 445 g/mol. The molecule has 2 aliphatic rings. The molecule has 1 aromatic carbocycles. The van der Waals surface area contributed by atoms with Crippen molar-refractivity contribution in [3.63, 3.8) is 0 Å². The lowest BCUT2D eigenvalue weighted by molar-refractivity contribution is -0.140. The predicted molar refractivity (Wildman–Crippen MR) is 117 cm³/mol. The number of fused-ring (bicyclic) bond motifs is 1. The minimum atomic E-state index is -4.55. The summed E-state index contributed by atoms with van der Waals surface area (Å²) in [6.45, 7) is 1.19. The highest BCUT2D eigenvalue weighted by molar-refractivity contribution is 6.31. The number of amides is 2. The first kappa shape index (κ1) is 22.9. The van der Waals surface area contributed by atoms with Gasteiger partial charge in [0.2, 0.25) is 0 Å². The van der Waals surface area contributed by atoms with Crippen LogP contribution in [0.1, 0.15) is 37.8 Å². The number of hydrogen-bond acceptors (Lipinski definition) is 4. The van der Waals surface area contributed by atoms with Crippen LogP contribution in [-0.4, -0.2) is 54.3 Å². The fourth-order valence-electron chi connectivity index (χ4n) is 4.40. The molecule has 1 saturated carbocycles. The Hall–Kier alpha value is -2.26. The van der Waals surface area contributed by atoms with Gasteiger partial charge in [-0.05, 0) is 56.4 Å². The van der Waals surface area contributed by atoms with Crippen molar-refractivity contribution in [2.45, 2.75) is 56.4 Å². The first-order chi connectivity index (χ1) is 15.2. The van der Waals surface area contributed by atoms with Crippen LogP contribution < -0.4 is 10.6 Å². The van der Waals surface area contributed by atoms with Crippen molar-refractivity contribution in [3.8, 4) is 0 Å². The molecule has 0 unspecified atom stereocenters. The third-order valence-electron chi connectivity index (χ3n) is 6.20. The molecule has 6 nitrogen and oxygen atoms in total. The molecule has 3 atom stereocenters. The lowest BCUT2D eigenvalue weighted by Gasteiger charge is -2.33. The highest BCUT2D eigenvalue weighted by Gasteiger charge is 2.34. The van der Waals surface area contributed by atoms with Crippen molar-refractivity contribution < 1.29 is 22.7 Å². The molecule has 1 saturated heterocycles.